The highest BCUT2D eigenvalue weighted by Crippen LogP contribution is 2.30. The highest BCUT2D eigenvalue weighted by molar-refractivity contribution is 5.80. The third-order valence-corrected chi connectivity index (χ3v) is 23.0. The Kier molecular flexibility index (Phi) is 28.2. The van der Waals surface area contributed by atoms with Crippen molar-refractivity contribution >= 4 is 44.1 Å². The molecule has 4 aromatic heterocycles. The van der Waals surface area contributed by atoms with Crippen molar-refractivity contribution in [3.8, 4) is 0 Å². The Labute approximate surface area is 709 Å². The van der Waals surface area contributed by atoms with E-state index < -0.39 is 0 Å². The van der Waals surface area contributed by atoms with Crippen LogP contribution in [0.15, 0.2) is 273 Å². The molecule has 4 atom stereocenters. The van der Waals surface area contributed by atoms with Gasteiger partial charge in [-0.3, -0.25) is 21.6 Å². The van der Waals surface area contributed by atoms with Crippen LogP contribution in [0.3, 0.4) is 0 Å². The van der Waals surface area contributed by atoms with Gasteiger partial charge < -0.3 is 56.2 Å². The third-order valence-electron chi connectivity index (χ3n) is 23.0. The molecule has 12 aromatic carbocycles. The quantitative estimate of drug-likeness (QED) is 0.0314. The SMILES string of the molecule is COC[C@H](Cc1ccc(C)cc1)n1c(=N)n(Cc2ccc(C)cc2)c2cc(C)ccc21.COC[C@H](Cc1ccc(C)cc1)n1c(=N)n(Cc2ccc(C)cc2)c2cccc(F)c21.Cc1ccc(C[C@@H](CO)n2c(=N)n(Cc3ccc(C)cc3)c3cc(C)ccc32)cc1.Cc1ccc(C[C@@H](CO)n2c(=N)n(Cc3ccc(C)cc3)c3ccccc32)cc1. The number of methoxy groups -OCH3 is 2. The molecular weight excluding hydrogens is 1500 g/mol. The van der Waals surface area contributed by atoms with Crippen LogP contribution < -0.4 is 22.5 Å². The van der Waals surface area contributed by atoms with Gasteiger partial charge in [0.05, 0.1) is 115 Å². The first kappa shape index (κ1) is 86.3. The van der Waals surface area contributed by atoms with Crippen molar-refractivity contribution in [1.82, 2.24) is 36.5 Å². The number of aryl methyl sites for hydroxylation is 10. The first-order chi connectivity index (χ1) is 58.4. The van der Waals surface area contributed by atoms with Gasteiger partial charge in [0, 0.05) is 14.2 Å². The van der Waals surface area contributed by atoms with Crippen LogP contribution in [-0.2, 0) is 61.3 Å². The van der Waals surface area contributed by atoms with E-state index in [2.05, 4.69) is 315 Å². The summed E-state index contributed by atoms with van der Waals surface area (Å²) >= 11 is 0. The summed E-state index contributed by atoms with van der Waals surface area (Å²) in [7, 11) is 3.39. The van der Waals surface area contributed by atoms with Crippen molar-refractivity contribution in [3.63, 3.8) is 0 Å². The number of aliphatic hydroxyl groups excluding tert-OH is 2. The lowest BCUT2D eigenvalue weighted by atomic mass is 10.0. The molecule has 0 bridgehead atoms. The summed E-state index contributed by atoms with van der Waals surface area (Å²) in [5.74, 6) is -0.321. The zero-order valence-electron chi connectivity index (χ0n) is 71.9. The predicted molar refractivity (Wildman–Crippen MR) is 487 cm³/mol. The summed E-state index contributed by atoms with van der Waals surface area (Å²) in [4.78, 5) is 0. The average Bonchev–Trinajstić information content (AvgIpc) is 1.62. The average molecular weight is 1620 g/mol. The monoisotopic (exact) mass is 1610 g/mol. The maximum absolute atomic E-state index is 15.1. The van der Waals surface area contributed by atoms with Crippen LogP contribution in [0.1, 0.15) is 124 Å². The van der Waals surface area contributed by atoms with E-state index in [4.69, 9.17) is 31.1 Å². The van der Waals surface area contributed by atoms with Gasteiger partial charge in [0.25, 0.3) is 0 Å². The summed E-state index contributed by atoms with van der Waals surface area (Å²) in [5.41, 5.74) is 30.4. The molecular formula is C104H115FN12O4. The molecule has 6 N–H and O–H groups in total. The number of imidazole rings is 4. The molecule has 0 unspecified atom stereocenters. The molecule has 0 amide bonds. The Morgan fingerprint density at radius 2 is 0.504 bits per heavy atom. The minimum Gasteiger partial charge on any atom is -0.394 e. The standard InChI is InChI=1S/C27H31N3O.C26H28FN3O.C26H29N3O.C25H27N3O/c1-19-5-10-22(11-6-19)16-24(18-31-4)30-25-14-9-21(3)15-26(25)29(27(30)28)17-23-12-7-20(2)8-13-23;1-18-7-11-20(12-8-18)15-22(17-31-3)30-25-23(27)5-4-6-24(25)29(26(30)28)16-21-13-9-19(2)10-14-21;1-18-4-9-21(10-5-18)15-23(17-30)29-24-13-8-20(3)14-25(24)28(26(29)27)16-22-11-6-19(2)7-12-22;1-18-7-11-20(12-8-18)15-22(17-29)28-24-6-4-3-5-23(24)27(25(28)26)16-21-13-9-19(2)10-14-21/h5-15,24,28H,16-18H2,1-4H3;4-14,22,28H,15-17H2,1-3H3;4-14,23,27,30H,15-17H2,1-3H3;3-14,22,26,29H,15-17H2,1-2H3/t24-;22-;23-;22-/m0000/s1. The van der Waals surface area contributed by atoms with Gasteiger partial charge in [0.1, 0.15) is 11.3 Å². The zero-order valence-corrected chi connectivity index (χ0v) is 71.9. The maximum Gasteiger partial charge on any atom is 0.203 e. The van der Waals surface area contributed by atoms with Gasteiger partial charge in [-0.25, -0.2) is 4.39 Å². The molecule has 0 saturated heterocycles. The molecule has 622 valence electrons. The van der Waals surface area contributed by atoms with E-state index in [0.29, 0.717) is 81.0 Å². The normalized spacial score (nSPS) is 12.4. The third kappa shape index (κ3) is 20.7. The summed E-state index contributed by atoms with van der Waals surface area (Å²) in [6, 6.07) is 92.9. The van der Waals surface area contributed by atoms with Gasteiger partial charge in [0.2, 0.25) is 22.5 Å². The smallest absolute Gasteiger partial charge is 0.203 e. The molecule has 0 radical (unpaired) electrons. The summed E-state index contributed by atoms with van der Waals surface area (Å²) < 4.78 is 42.1. The second kappa shape index (κ2) is 39.6. The van der Waals surface area contributed by atoms with E-state index in [0.717, 1.165) is 78.4 Å². The summed E-state index contributed by atoms with van der Waals surface area (Å²) in [6.45, 7) is 24.2. The molecule has 0 aliphatic heterocycles. The maximum atomic E-state index is 15.1. The molecule has 16 aromatic rings. The topological polar surface area (TPSA) is 194 Å². The molecule has 0 spiro atoms. The lowest BCUT2D eigenvalue weighted by Crippen LogP contribution is -2.31. The second-order valence-electron chi connectivity index (χ2n) is 32.8. The van der Waals surface area contributed by atoms with Crippen LogP contribution in [0.5, 0.6) is 0 Å². The van der Waals surface area contributed by atoms with E-state index in [9.17, 15) is 10.2 Å². The first-order valence-electron chi connectivity index (χ1n) is 41.8. The van der Waals surface area contributed by atoms with Crippen LogP contribution in [-0.4, -0.2) is 87.4 Å². The van der Waals surface area contributed by atoms with Crippen LogP contribution in [0.25, 0.3) is 44.1 Å². The van der Waals surface area contributed by atoms with E-state index in [1.54, 1.807) is 24.9 Å². The minimum absolute atomic E-state index is 0.0109. The van der Waals surface area contributed by atoms with Crippen LogP contribution in [0.2, 0.25) is 0 Å². The molecule has 0 fully saturated rings. The summed E-state index contributed by atoms with van der Waals surface area (Å²) in [5, 5.41) is 56.4. The van der Waals surface area contributed by atoms with Crippen molar-refractivity contribution in [2.75, 3.05) is 40.6 Å². The predicted octanol–water partition coefficient (Wildman–Crippen LogP) is 19.5. The molecule has 0 saturated carbocycles. The highest BCUT2D eigenvalue weighted by Gasteiger charge is 2.26. The number of nitrogens with zero attached hydrogens (tertiary/aromatic N) is 8. The van der Waals surface area contributed by atoms with Crippen molar-refractivity contribution in [1.29, 1.82) is 21.6 Å². The molecule has 0 aliphatic rings. The molecule has 121 heavy (non-hydrogen) atoms. The molecule has 4 heterocycles. The fraction of sp³-hybridized carbons (Fsp3) is 0.269. The number of aromatic nitrogens is 8. The number of benzene rings is 12. The van der Waals surface area contributed by atoms with Gasteiger partial charge in [-0.1, -0.05) is 269 Å². The van der Waals surface area contributed by atoms with Gasteiger partial charge in [-0.2, -0.15) is 0 Å². The first-order valence-corrected chi connectivity index (χ1v) is 41.8. The Morgan fingerprint density at radius 1 is 0.264 bits per heavy atom. The van der Waals surface area contributed by atoms with E-state index >= 15 is 4.39 Å². The number of fused-ring (bicyclic) bond motifs is 4. The number of aliphatic hydroxyl groups is 2. The van der Waals surface area contributed by atoms with E-state index in [1.165, 1.54) is 72.8 Å². The Morgan fingerprint density at radius 3 is 0.818 bits per heavy atom. The lowest BCUT2D eigenvalue weighted by molar-refractivity contribution is 0.154. The second-order valence-corrected chi connectivity index (χ2v) is 32.8. The number of hydrogen-bond donors (Lipinski definition) is 6. The van der Waals surface area contributed by atoms with Crippen molar-refractivity contribution < 1.29 is 24.1 Å². The number of ether oxygens (including phenoxy) is 2. The van der Waals surface area contributed by atoms with Crippen molar-refractivity contribution in [3.05, 3.63) is 401 Å². The molecule has 16 nitrogen and oxygen atoms in total. The number of nitrogens with one attached hydrogen (secondary N) is 4. The largest absolute Gasteiger partial charge is 0.394 e. The van der Waals surface area contributed by atoms with E-state index in [1.807, 2.05) is 47.1 Å². The fourth-order valence-corrected chi connectivity index (χ4v) is 16.3. The van der Waals surface area contributed by atoms with Crippen molar-refractivity contribution in [2.24, 2.45) is 0 Å². The molecule has 16 rings (SSSR count). The van der Waals surface area contributed by atoms with Crippen LogP contribution in [0, 0.1) is 96.7 Å². The Hall–Kier alpha value is -12.5. The van der Waals surface area contributed by atoms with Crippen molar-refractivity contribution in [2.45, 2.75) is 145 Å². The molecule has 17 heteroatoms. The van der Waals surface area contributed by atoms with Gasteiger partial charge in [0.15, 0.2) is 0 Å². The van der Waals surface area contributed by atoms with Gasteiger partial charge in [-0.05, 0) is 199 Å². The zero-order chi connectivity index (χ0) is 85.5. The Bertz CT molecular complexity index is 6370. The van der Waals surface area contributed by atoms with Gasteiger partial charge in [-0.15, -0.1) is 0 Å². The van der Waals surface area contributed by atoms with E-state index in [-0.39, 0.29) is 48.8 Å². The highest BCUT2D eigenvalue weighted by atomic mass is 19.1. The Balaban J connectivity index is 0.000000139. The number of para-hydroxylation sites is 3. The summed E-state index contributed by atoms with van der Waals surface area (Å²) in [6.07, 6.45) is 2.85. The van der Waals surface area contributed by atoms with Crippen LogP contribution >= 0.6 is 0 Å². The fourth-order valence-electron chi connectivity index (χ4n) is 16.3. The number of hydrogen-bond acceptors (Lipinski definition) is 8. The lowest BCUT2D eigenvalue weighted by Gasteiger charge is -2.19. The number of rotatable bonds is 26. The molecule has 0 aliphatic carbocycles. The number of halogens is 1. The minimum atomic E-state index is -0.321. The van der Waals surface area contributed by atoms with Crippen LogP contribution in [0.4, 0.5) is 4.39 Å². The van der Waals surface area contributed by atoms with Gasteiger partial charge >= 0.3 is 0 Å².